The molecule has 24 heavy (non-hydrogen) atoms. The van der Waals surface area contributed by atoms with Crippen molar-refractivity contribution in [2.75, 3.05) is 19.7 Å². The van der Waals surface area contributed by atoms with Crippen LogP contribution in [0.4, 0.5) is 0 Å². The van der Waals surface area contributed by atoms with Gasteiger partial charge < -0.3 is 15.0 Å². The van der Waals surface area contributed by atoms with Crippen molar-refractivity contribution >= 4 is 34.8 Å². The monoisotopic (exact) mass is 364 g/mol. The van der Waals surface area contributed by atoms with Crippen LogP contribution in [0.25, 0.3) is 0 Å². The van der Waals surface area contributed by atoms with Crippen molar-refractivity contribution in [2.24, 2.45) is 0 Å². The summed E-state index contributed by atoms with van der Waals surface area (Å²) in [5.74, 6) is 0.529. The molecule has 0 unspecified atom stereocenters. The molecule has 5 nitrogen and oxygen atoms in total. The van der Waals surface area contributed by atoms with Crippen LogP contribution >= 0.6 is 22.9 Å². The molecule has 0 fully saturated rings. The van der Waals surface area contributed by atoms with E-state index in [1.54, 1.807) is 34.4 Å². The predicted molar refractivity (Wildman–Crippen MR) is 93.4 cm³/mol. The van der Waals surface area contributed by atoms with Crippen molar-refractivity contribution in [2.45, 2.75) is 13.0 Å². The number of nitrogens with zero attached hydrogens (tertiary/aromatic N) is 1. The van der Waals surface area contributed by atoms with Gasteiger partial charge in [0.05, 0.1) is 6.42 Å². The number of benzene rings is 1. The first-order chi connectivity index (χ1) is 11.6. The van der Waals surface area contributed by atoms with Gasteiger partial charge in [-0.3, -0.25) is 9.59 Å². The first kappa shape index (κ1) is 16.8. The number of amides is 2. The van der Waals surface area contributed by atoms with Gasteiger partial charge in [-0.05, 0) is 40.6 Å². The van der Waals surface area contributed by atoms with Crippen LogP contribution in [-0.2, 0) is 22.6 Å². The lowest BCUT2D eigenvalue weighted by atomic mass is 10.2. The van der Waals surface area contributed by atoms with Crippen molar-refractivity contribution in [3.63, 3.8) is 0 Å². The molecule has 7 heteroatoms. The number of carbonyl (C=O) groups excluding carboxylic acids is 2. The van der Waals surface area contributed by atoms with E-state index in [4.69, 9.17) is 16.3 Å². The van der Waals surface area contributed by atoms with Crippen LogP contribution in [-0.4, -0.2) is 36.4 Å². The summed E-state index contributed by atoms with van der Waals surface area (Å²) in [6.45, 7) is 1.26. The van der Waals surface area contributed by atoms with Gasteiger partial charge in [0.1, 0.15) is 5.75 Å². The molecule has 1 aliphatic rings. The highest BCUT2D eigenvalue weighted by atomic mass is 35.5. The quantitative estimate of drug-likeness (QED) is 0.886. The SMILES string of the molecule is O=C(Cc1ccsc1)NCCN1Cc2cc(Cl)ccc2OCC1=O. The van der Waals surface area contributed by atoms with E-state index in [9.17, 15) is 9.59 Å². The minimum Gasteiger partial charge on any atom is -0.483 e. The summed E-state index contributed by atoms with van der Waals surface area (Å²) in [4.78, 5) is 25.7. The van der Waals surface area contributed by atoms with Crippen molar-refractivity contribution in [1.82, 2.24) is 10.2 Å². The number of halogens is 1. The highest BCUT2D eigenvalue weighted by Gasteiger charge is 2.21. The van der Waals surface area contributed by atoms with Gasteiger partial charge in [-0.25, -0.2) is 0 Å². The van der Waals surface area contributed by atoms with Crippen LogP contribution in [0.15, 0.2) is 35.0 Å². The molecule has 1 aromatic heterocycles. The number of hydrogen-bond donors (Lipinski definition) is 1. The number of thiophene rings is 1. The van der Waals surface area contributed by atoms with Gasteiger partial charge in [-0.2, -0.15) is 11.3 Å². The Kier molecular flexibility index (Phi) is 5.37. The van der Waals surface area contributed by atoms with E-state index in [1.165, 1.54) is 0 Å². The van der Waals surface area contributed by atoms with E-state index >= 15 is 0 Å². The summed E-state index contributed by atoms with van der Waals surface area (Å²) in [6.07, 6.45) is 0.360. The molecular formula is C17H17ClN2O3S. The Labute approximate surface area is 149 Å². The van der Waals surface area contributed by atoms with Gasteiger partial charge in [0.15, 0.2) is 6.61 Å². The molecule has 1 N–H and O–H groups in total. The molecule has 0 saturated heterocycles. The minimum atomic E-state index is -0.102. The average Bonchev–Trinajstić information content (AvgIpc) is 3.00. The lowest BCUT2D eigenvalue weighted by molar-refractivity contribution is -0.133. The molecular weight excluding hydrogens is 348 g/mol. The molecule has 0 saturated carbocycles. The van der Waals surface area contributed by atoms with Crippen molar-refractivity contribution in [1.29, 1.82) is 0 Å². The molecule has 2 heterocycles. The Hall–Kier alpha value is -2.05. The van der Waals surface area contributed by atoms with Gasteiger partial charge in [-0.15, -0.1) is 0 Å². The van der Waals surface area contributed by atoms with Crippen LogP contribution < -0.4 is 10.1 Å². The molecule has 3 rings (SSSR count). The van der Waals surface area contributed by atoms with E-state index in [0.717, 1.165) is 11.1 Å². The first-order valence-corrected chi connectivity index (χ1v) is 8.90. The first-order valence-electron chi connectivity index (χ1n) is 7.58. The number of nitrogens with one attached hydrogen (secondary N) is 1. The molecule has 0 aliphatic carbocycles. The summed E-state index contributed by atoms with van der Waals surface area (Å²) in [5, 5.41) is 7.36. The molecule has 0 spiro atoms. The Morgan fingerprint density at radius 3 is 3.04 bits per heavy atom. The van der Waals surface area contributed by atoms with Crippen LogP contribution in [0.3, 0.4) is 0 Å². The zero-order valence-corrected chi connectivity index (χ0v) is 14.5. The van der Waals surface area contributed by atoms with Crippen LogP contribution in [0.1, 0.15) is 11.1 Å². The fourth-order valence-corrected chi connectivity index (χ4v) is 3.38. The third-order valence-electron chi connectivity index (χ3n) is 3.74. The lowest BCUT2D eigenvalue weighted by Crippen LogP contribution is -2.39. The zero-order chi connectivity index (χ0) is 16.9. The third kappa shape index (κ3) is 4.27. The van der Waals surface area contributed by atoms with Crippen LogP contribution in [0.5, 0.6) is 5.75 Å². The standard InChI is InChI=1S/C17H17ClN2O3S/c18-14-1-2-15-13(8-14)9-20(17(22)10-23-15)5-4-19-16(21)7-12-3-6-24-11-12/h1-3,6,8,11H,4-5,7,9-10H2,(H,19,21). The molecule has 126 valence electrons. The zero-order valence-electron chi connectivity index (χ0n) is 13.0. The lowest BCUT2D eigenvalue weighted by Gasteiger charge is -2.20. The highest BCUT2D eigenvalue weighted by molar-refractivity contribution is 7.08. The van der Waals surface area contributed by atoms with Crippen LogP contribution in [0, 0.1) is 0 Å². The van der Waals surface area contributed by atoms with Gasteiger partial charge in [0.25, 0.3) is 5.91 Å². The fourth-order valence-electron chi connectivity index (χ4n) is 2.51. The summed E-state index contributed by atoms with van der Waals surface area (Å²) in [5.41, 5.74) is 1.87. The number of ether oxygens (including phenoxy) is 1. The second kappa shape index (κ2) is 7.68. The topological polar surface area (TPSA) is 58.6 Å². The maximum atomic E-state index is 12.2. The summed E-state index contributed by atoms with van der Waals surface area (Å²) < 4.78 is 5.51. The van der Waals surface area contributed by atoms with Crippen molar-refractivity contribution in [3.05, 3.63) is 51.2 Å². The highest BCUT2D eigenvalue weighted by Crippen LogP contribution is 2.26. The minimum absolute atomic E-state index is 0.00250. The molecule has 1 aliphatic heterocycles. The second-order valence-electron chi connectivity index (χ2n) is 5.51. The molecule has 2 amide bonds. The molecule has 0 atom stereocenters. The van der Waals surface area contributed by atoms with E-state index in [-0.39, 0.29) is 18.4 Å². The fraction of sp³-hybridized carbons (Fsp3) is 0.294. The number of rotatable bonds is 5. The predicted octanol–water partition coefficient (Wildman–Crippen LogP) is 2.48. The van der Waals surface area contributed by atoms with E-state index < -0.39 is 0 Å². The second-order valence-corrected chi connectivity index (χ2v) is 6.73. The molecule has 2 aromatic rings. The Morgan fingerprint density at radius 2 is 2.25 bits per heavy atom. The summed E-state index contributed by atoms with van der Waals surface area (Å²) in [7, 11) is 0. The van der Waals surface area contributed by atoms with Crippen LogP contribution in [0.2, 0.25) is 5.02 Å². The third-order valence-corrected chi connectivity index (χ3v) is 4.70. The normalized spacial score (nSPS) is 13.9. The van der Waals surface area contributed by atoms with Crippen molar-refractivity contribution in [3.8, 4) is 5.75 Å². The Balaban J connectivity index is 1.54. The Bertz CT molecular complexity index is 733. The largest absolute Gasteiger partial charge is 0.483 e. The van der Waals surface area contributed by atoms with E-state index in [1.807, 2.05) is 16.8 Å². The summed E-state index contributed by atoms with van der Waals surface area (Å²) in [6, 6.07) is 7.25. The number of fused-ring (bicyclic) bond motifs is 1. The summed E-state index contributed by atoms with van der Waals surface area (Å²) >= 11 is 7.58. The smallest absolute Gasteiger partial charge is 0.260 e. The molecule has 0 radical (unpaired) electrons. The van der Waals surface area contributed by atoms with Crippen molar-refractivity contribution < 1.29 is 14.3 Å². The maximum absolute atomic E-state index is 12.2. The van der Waals surface area contributed by atoms with Gasteiger partial charge in [-0.1, -0.05) is 11.6 Å². The van der Waals surface area contributed by atoms with E-state index in [2.05, 4.69) is 5.32 Å². The maximum Gasteiger partial charge on any atom is 0.260 e. The average molecular weight is 365 g/mol. The van der Waals surface area contributed by atoms with Gasteiger partial charge in [0.2, 0.25) is 5.91 Å². The Morgan fingerprint density at radius 1 is 1.38 bits per heavy atom. The number of carbonyl (C=O) groups is 2. The molecule has 1 aromatic carbocycles. The van der Waals surface area contributed by atoms with Gasteiger partial charge in [0, 0.05) is 30.2 Å². The molecule has 0 bridgehead atoms. The van der Waals surface area contributed by atoms with E-state index in [0.29, 0.717) is 36.8 Å². The van der Waals surface area contributed by atoms with Gasteiger partial charge >= 0.3 is 0 Å². The number of hydrogen-bond acceptors (Lipinski definition) is 4.